The van der Waals surface area contributed by atoms with E-state index < -0.39 is 0 Å². The highest BCUT2D eigenvalue weighted by atomic mass is 35.5. The number of halogens is 1. The Morgan fingerprint density at radius 2 is 2.26 bits per heavy atom. The van der Waals surface area contributed by atoms with Crippen molar-refractivity contribution in [1.82, 2.24) is 19.5 Å². The Hall–Kier alpha value is -2.87. The second-order valence-corrected chi connectivity index (χ2v) is 6.90. The Balaban J connectivity index is 1.82. The highest BCUT2D eigenvalue weighted by Gasteiger charge is 2.32. The van der Waals surface area contributed by atoms with Crippen LogP contribution in [0, 0.1) is 0 Å². The van der Waals surface area contributed by atoms with Crippen LogP contribution in [0.4, 0.5) is 17.5 Å². The highest BCUT2D eigenvalue weighted by Crippen LogP contribution is 2.29. The van der Waals surface area contributed by atoms with E-state index in [9.17, 15) is 4.79 Å². The summed E-state index contributed by atoms with van der Waals surface area (Å²) in [6, 6.07) is 6.99. The van der Waals surface area contributed by atoms with Gasteiger partial charge in [-0.3, -0.25) is 4.79 Å². The van der Waals surface area contributed by atoms with Crippen LogP contribution in [0.2, 0.25) is 5.02 Å². The van der Waals surface area contributed by atoms with Gasteiger partial charge in [-0.25, -0.2) is 4.98 Å². The zero-order chi connectivity index (χ0) is 19.0. The average molecular weight is 386 g/mol. The molecule has 1 fully saturated rings. The number of nitrogens with two attached hydrogens (primary N) is 1. The average Bonchev–Trinajstić information content (AvgIpc) is 3.28. The number of fused-ring (bicyclic) bond motifs is 1. The second-order valence-electron chi connectivity index (χ2n) is 6.46. The molecule has 3 N–H and O–H groups in total. The summed E-state index contributed by atoms with van der Waals surface area (Å²) >= 11 is 6.09. The van der Waals surface area contributed by atoms with E-state index in [0.29, 0.717) is 40.9 Å². The Labute approximate surface area is 161 Å². The summed E-state index contributed by atoms with van der Waals surface area (Å²) in [6.07, 6.45) is 3.32. The normalized spacial score (nSPS) is 16.8. The first-order chi connectivity index (χ1) is 13.1. The van der Waals surface area contributed by atoms with Gasteiger partial charge in [-0.15, -0.1) is 0 Å². The van der Waals surface area contributed by atoms with Crippen molar-refractivity contribution in [2.45, 2.75) is 32.4 Å². The van der Waals surface area contributed by atoms with Crippen LogP contribution in [0.5, 0.6) is 0 Å². The molecule has 0 unspecified atom stereocenters. The number of hydrogen-bond acceptors (Lipinski definition) is 6. The molecule has 0 radical (unpaired) electrons. The fourth-order valence-corrected chi connectivity index (χ4v) is 3.57. The number of benzene rings is 1. The number of hydrogen-bond donors (Lipinski definition) is 2. The Bertz CT molecular complexity index is 1000. The molecular formula is C18H20ClN7O. The lowest BCUT2D eigenvalue weighted by atomic mass is 10.2. The van der Waals surface area contributed by atoms with E-state index in [0.717, 1.165) is 18.7 Å². The van der Waals surface area contributed by atoms with E-state index in [-0.39, 0.29) is 11.9 Å². The number of rotatable bonds is 5. The van der Waals surface area contributed by atoms with Gasteiger partial charge >= 0.3 is 0 Å². The topological polar surface area (TPSA) is 102 Å². The Morgan fingerprint density at radius 1 is 1.41 bits per heavy atom. The number of imidazole rings is 1. The first kappa shape index (κ1) is 17.5. The van der Waals surface area contributed by atoms with E-state index in [4.69, 9.17) is 17.3 Å². The summed E-state index contributed by atoms with van der Waals surface area (Å²) in [5.41, 5.74) is 7.74. The summed E-state index contributed by atoms with van der Waals surface area (Å²) in [5.74, 6) is 0.688. The Morgan fingerprint density at radius 3 is 3.00 bits per heavy atom. The first-order valence-corrected chi connectivity index (χ1v) is 9.26. The molecule has 0 spiro atoms. The SMILES string of the molecule is CCn1cnc2c(Nc3cccc(Cl)c3)nc(N3CCC[C@@H]3C(N)=O)nc21. The third-order valence-corrected chi connectivity index (χ3v) is 4.95. The van der Waals surface area contributed by atoms with Gasteiger partial charge in [-0.2, -0.15) is 9.97 Å². The van der Waals surface area contributed by atoms with Crippen LogP contribution >= 0.6 is 11.6 Å². The van der Waals surface area contributed by atoms with Crippen LogP contribution in [0.1, 0.15) is 19.8 Å². The summed E-state index contributed by atoms with van der Waals surface area (Å²) in [5, 5.41) is 3.90. The van der Waals surface area contributed by atoms with Crippen molar-refractivity contribution in [3.8, 4) is 0 Å². The summed E-state index contributed by atoms with van der Waals surface area (Å²) < 4.78 is 1.94. The van der Waals surface area contributed by atoms with Crippen molar-refractivity contribution >= 4 is 46.1 Å². The second kappa shape index (κ2) is 7.03. The standard InChI is InChI=1S/C18H20ClN7O/c1-2-25-10-21-14-16(22-12-6-3-5-11(19)9-12)23-18(24-17(14)25)26-8-4-7-13(26)15(20)27/h3,5-6,9-10,13H,2,4,7-8H2,1H3,(H2,20,27)(H,22,23,24)/t13-/m1/s1. The molecule has 0 aliphatic carbocycles. The van der Waals surface area contributed by atoms with Crippen molar-refractivity contribution in [3.63, 3.8) is 0 Å². The zero-order valence-electron chi connectivity index (χ0n) is 14.9. The molecule has 3 heterocycles. The Kier molecular flexibility index (Phi) is 4.57. The van der Waals surface area contributed by atoms with Crippen LogP contribution in [-0.4, -0.2) is 38.0 Å². The molecule has 4 rings (SSSR count). The zero-order valence-corrected chi connectivity index (χ0v) is 15.6. The lowest BCUT2D eigenvalue weighted by Gasteiger charge is -2.22. The molecular weight excluding hydrogens is 366 g/mol. The molecule has 1 amide bonds. The molecule has 3 aromatic rings. The van der Waals surface area contributed by atoms with E-state index in [1.807, 2.05) is 34.6 Å². The molecule has 9 heteroatoms. The van der Waals surface area contributed by atoms with Gasteiger partial charge in [0.25, 0.3) is 0 Å². The quantitative estimate of drug-likeness (QED) is 0.700. The van der Waals surface area contributed by atoms with Gasteiger partial charge in [0.2, 0.25) is 11.9 Å². The summed E-state index contributed by atoms with van der Waals surface area (Å²) in [7, 11) is 0. The molecule has 1 atom stereocenters. The molecule has 8 nitrogen and oxygen atoms in total. The predicted octanol–water partition coefficient (Wildman–Crippen LogP) is 2.70. The number of carbonyl (C=O) groups is 1. The van der Waals surface area contributed by atoms with Crippen LogP contribution in [0.25, 0.3) is 11.2 Å². The maximum atomic E-state index is 11.8. The van der Waals surface area contributed by atoms with Gasteiger partial charge in [0.1, 0.15) is 6.04 Å². The molecule has 1 saturated heterocycles. The number of aryl methyl sites for hydroxylation is 1. The van der Waals surface area contributed by atoms with Crippen LogP contribution < -0.4 is 16.0 Å². The third kappa shape index (κ3) is 3.28. The fraction of sp³-hybridized carbons (Fsp3) is 0.333. The van der Waals surface area contributed by atoms with E-state index in [2.05, 4.69) is 20.3 Å². The monoisotopic (exact) mass is 385 g/mol. The molecule has 140 valence electrons. The highest BCUT2D eigenvalue weighted by molar-refractivity contribution is 6.30. The fourth-order valence-electron chi connectivity index (χ4n) is 3.38. The van der Waals surface area contributed by atoms with Crippen molar-refractivity contribution in [1.29, 1.82) is 0 Å². The maximum Gasteiger partial charge on any atom is 0.240 e. The molecule has 1 aliphatic heterocycles. The van der Waals surface area contributed by atoms with Gasteiger partial charge in [0.15, 0.2) is 17.0 Å². The minimum Gasteiger partial charge on any atom is -0.368 e. The minimum atomic E-state index is -0.389. The molecule has 27 heavy (non-hydrogen) atoms. The lowest BCUT2D eigenvalue weighted by molar-refractivity contribution is -0.119. The van der Waals surface area contributed by atoms with E-state index in [1.54, 1.807) is 12.4 Å². The number of anilines is 3. The number of aromatic nitrogens is 4. The molecule has 0 bridgehead atoms. The number of nitrogens with one attached hydrogen (secondary N) is 1. The summed E-state index contributed by atoms with van der Waals surface area (Å²) in [4.78, 5) is 27.5. The number of amides is 1. The van der Waals surface area contributed by atoms with Crippen molar-refractivity contribution < 1.29 is 4.79 Å². The van der Waals surface area contributed by atoms with Crippen molar-refractivity contribution in [3.05, 3.63) is 35.6 Å². The smallest absolute Gasteiger partial charge is 0.240 e. The first-order valence-electron chi connectivity index (χ1n) is 8.88. The van der Waals surface area contributed by atoms with Gasteiger partial charge in [0, 0.05) is 23.8 Å². The van der Waals surface area contributed by atoms with Crippen LogP contribution in [0.3, 0.4) is 0 Å². The van der Waals surface area contributed by atoms with Crippen molar-refractivity contribution in [2.24, 2.45) is 5.73 Å². The number of nitrogens with zero attached hydrogens (tertiary/aromatic N) is 5. The maximum absolute atomic E-state index is 11.8. The molecule has 1 aromatic carbocycles. The lowest BCUT2D eigenvalue weighted by Crippen LogP contribution is -2.41. The minimum absolute atomic E-state index is 0.357. The third-order valence-electron chi connectivity index (χ3n) is 4.72. The van der Waals surface area contributed by atoms with Gasteiger partial charge < -0.3 is 20.5 Å². The van der Waals surface area contributed by atoms with Gasteiger partial charge in [-0.1, -0.05) is 17.7 Å². The number of carbonyl (C=O) groups excluding carboxylic acids is 1. The number of primary amides is 1. The predicted molar refractivity (Wildman–Crippen MR) is 105 cm³/mol. The molecule has 2 aromatic heterocycles. The van der Waals surface area contributed by atoms with Gasteiger partial charge in [0.05, 0.1) is 6.33 Å². The van der Waals surface area contributed by atoms with Crippen LogP contribution in [0.15, 0.2) is 30.6 Å². The summed E-state index contributed by atoms with van der Waals surface area (Å²) in [6.45, 7) is 3.44. The molecule has 1 aliphatic rings. The van der Waals surface area contributed by atoms with E-state index >= 15 is 0 Å². The van der Waals surface area contributed by atoms with Gasteiger partial charge in [-0.05, 0) is 38.0 Å². The van der Waals surface area contributed by atoms with Crippen LogP contribution in [-0.2, 0) is 11.3 Å². The molecule has 0 saturated carbocycles. The van der Waals surface area contributed by atoms with E-state index in [1.165, 1.54) is 0 Å². The largest absolute Gasteiger partial charge is 0.368 e. The van der Waals surface area contributed by atoms with Crippen molar-refractivity contribution in [2.75, 3.05) is 16.8 Å².